The molecule has 0 aliphatic heterocycles. The van der Waals surface area contributed by atoms with Crippen molar-refractivity contribution >= 4 is 22.3 Å². The fourth-order valence-corrected chi connectivity index (χ4v) is 2.88. The standard InChI is InChI=1S/C13H26BO2P/c1-11(9-12(2,3)10-15)17(6)16-8-7-13(4,5)14/h10-11H,7-9H2,1-6H3. The first-order valence-electron chi connectivity index (χ1n) is 6.18. The Morgan fingerprint density at radius 1 is 1.35 bits per heavy atom. The summed E-state index contributed by atoms with van der Waals surface area (Å²) in [5.41, 5.74) is 0.193. The van der Waals surface area contributed by atoms with Crippen molar-refractivity contribution in [2.45, 2.75) is 58.4 Å². The van der Waals surface area contributed by atoms with Crippen LogP contribution >= 0.6 is 8.15 Å². The molecule has 0 aromatic heterocycles. The normalized spacial score (nSPS) is 16.6. The molecule has 0 rings (SSSR count). The molecule has 2 radical (unpaired) electrons. The second kappa shape index (κ2) is 6.90. The number of aldehydes is 1. The van der Waals surface area contributed by atoms with E-state index in [4.69, 9.17) is 12.4 Å². The Morgan fingerprint density at radius 2 is 1.88 bits per heavy atom. The molecule has 0 aromatic rings. The van der Waals surface area contributed by atoms with Crippen molar-refractivity contribution in [1.29, 1.82) is 0 Å². The number of rotatable bonds is 8. The van der Waals surface area contributed by atoms with Crippen molar-refractivity contribution in [3.05, 3.63) is 0 Å². The van der Waals surface area contributed by atoms with Gasteiger partial charge in [0.15, 0.2) is 0 Å². The van der Waals surface area contributed by atoms with Gasteiger partial charge in [-0.15, -0.1) is 0 Å². The average Bonchev–Trinajstić information content (AvgIpc) is 2.15. The summed E-state index contributed by atoms with van der Waals surface area (Å²) in [6.45, 7) is 13.0. The lowest BCUT2D eigenvalue weighted by Crippen LogP contribution is -2.19. The Morgan fingerprint density at radius 3 is 2.29 bits per heavy atom. The molecule has 0 heterocycles. The summed E-state index contributed by atoms with van der Waals surface area (Å²) in [5.74, 6) is 0. The minimum absolute atomic E-state index is 0.165. The molecule has 0 bridgehead atoms. The lowest BCUT2D eigenvalue weighted by molar-refractivity contribution is -0.114. The first-order valence-corrected chi connectivity index (χ1v) is 7.96. The molecule has 0 saturated heterocycles. The van der Waals surface area contributed by atoms with Crippen LogP contribution in [0.25, 0.3) is 0 Å². The third kappa shape index (κ3) is 8.80. The van der Waals surface area contributed by atoms with Crippen LogP contribution in [-0.4, -0.2) is 33.1 Å². The van der Waals surface area contributed by atoms with Crippen molar-refractivity contribution < 1.29 is 9.32 Å². The van der Waals surface area contributed by atoms with Crippen LogP contribution in [0.5, 0.6) is 0 Å². The Balaban J connectivity index is 3.98. The maximum atomic E-state index is 10.9. The van der Waals surface area contributed by atoms with Crippen molar-refractivity contribution in [1.82, 2.24) is 0 Å². The second-order valence-electron chi connectivity index (χ2n) is 6.28. The van der Waals surface area contributed by atoms with Gasteiger partial charge in [-0.2, -0.15) is 0 Å². The monoisotopic (exact) mass is 256 g/mol. The highest BCUT2D eigenvalue weighted by Crippen LogP contribution is 2.43. The number of hydrogen-bond acceptors (Lipinski definition) is 2. The van der Waals surface area contributed by atoms with E-state index in [-0.39, 0.29) is 10.7 Å². The van der Waals surface area contributed by atoms with E-state index in [9.17, 15) is 4.79 Å². The van der Waals surface area contributed by atoms with Gasteiger partial charge in [-0.1, -0.05) is 39.9 Å². The van der Waals surface area contributed by atoms with Crippen LogP contribution in [0.4, 0.5) is 0 Å². The maximum absolute atomic E-state index is 10.9. The third-order valence-corrected chi connectivity index (χ3v) is 4.82. The van der Waals surface area contributed by atoms with E-state index in [0.717, 1.165) is 19.1 Å². The first-order chi connectivity index (χ1) is 7.57. The zero-order valence-corrected chi connectivity index (χ0v) is 13.0. The molecule has 17 heavy (non-hydrogen) atoms. The molecular formula is C13H26BO2P. The maximum Gasteiger partial charge on any atom is 0.125 e. The summed E-state index contributed by atoms with van der Waals surface area (Å²) in [6.07, 6.45) is 2.78. The zero-order valence-electron chi connectivity index (χ0n) is 12.1. The van der Waals surface area contributed by atoms with Gasteiger partial charge in [0.2, 0.25) is 0 Å². The molecule has 0 N–H and O–H groups in total. The first kappa shape index (κ1) is 17.1. The van der Waals surface area contributed by atoms with Crippen LogP contribution in [-0.2, 0) is 9.32 Å². The van der Waals surface area contributed by atoms with Gasteiger partial charge < -0.3 is 9.32 Å². The summed E-state index contributed by atoms with van der Waals surface area (Å²) < 4.78 is 5.84. The molecule has 98 valence electrons. The summed E-state index contributed by atoms with van der Waals surface area (Å²) in [6, 6.07) is 0. The van der Waals surface area contributed by atoms with E-state index < -0.39 is 8.15 Å². The highest BCUT2D eigenvalue weighted by molar-refractivity contribution is 7.52. The second-order valence-corrected chi connectivity index (χ2v) is 8.51. The van der Waals surface area contributed by atoms with Gasteiger partial charge in [-0.25, -0.2) is 0 Å². The van der Waals surface area contributed by atoms with Gasteiger partial charge in [-0.3, -0.25) is 0 Å². The topological polar surface area (TPSA) is 26.3 Å². The van der Waals surface area contributed by atoms with Crippen LogP contribution in [0.3, 0.4) is 0 Å². The average molecular weight is 256 g/mol. The molecule has 0 amide bonds. The van der Waals surface area contributed by atoms with Crippen LogP contribution < -0.4 is 0 Å². The molecule has 0 aliphatic carbocycles. The summed E-state index contributed by atoms with van der Waals surface area (Å²) >= 11 is 0. The summed E-state index contributed by atoms with van der Waals surface area (Å²) in [7, 11) is 5.42. The van der Waals surface area contributed by atoms with Crippen LogP contribution in [0.2, 0.25) is 5.31 Å². The lowest BCUT2D eigenvalue weighted by atomic mass is 9.70. The Labute approximate surface area is 109 Å². The summed E-state index contributed by atoms with van der Waals surface area (Å²) in [5, 5.41) is -0.165. The van der Waals surface area contributed by atoms with Crippen LogP contribution in [0, 0.1) is 5.41 Å². The van der Waals surface area contributed by atoms with Gasteiger partial charge in [-0.05, 0) is 19.5 Å². The number of hydrogen-bond donors (Lipinski definition) is 0. The largest absolute Gasteiger partial charge is 0.359 e. The SMILES string of the molecule is [B]C(C)(C)CCOP(C)C(C)CC(C)(C)C=O. The van der Waals surface area contributed by atoms with E-state index in [2.05, 4.69) is 13.6 Å². The van der Waals surface area contributed by atoms with Crippen molar-refractivity contribution in [2.75, 3.05) is 13.3 Å². The fraction of sp³-hybridized carbons (Fsp3) is 0.923. The number of carbonyl (C=O) groups is 1. The van der Waals surface area contributed by atoms with E-state index in [0.29, 0.717) is 12.3 Å². The minimum atomic E-state index is -0.479. The van der Waals surface area contributed by atoms with Gasteiger partial charge in [0, 0.05) is 19.2 Å². The summed E-state index contributed by atoms with van der Waals surface area (Å²) in [4.78, 5) is 10.9. The smallest absolute Gasteiger partial charge is 0.125 e. The van der Waals surface area contributed by atoms with E-state index in [1.54, 1.807) is 0 Å². The molecule has 4 heteroatoms. The van der Waals surface area contributed by atoms with Crippen molar-refractivity contribution in [3.63, 3.8) is 0 Å². The highest BCUT2D eigenvalue weighted by atomic mass is 31.1. The van der Waals surface area contributed by atoms with Gasteiger partial charge in [0.05, 0.1) is 14.5 Å². The molecule has 0 aromatic carbocycles. The van der Waals surface area contributed by atoms with Gasteiger partial charge in [0.1, 0.15) is 6.29 Å². The molecule has 0 spiro atoms. The quantitative estimate of drug-likeness (QED) is 0.375. The molecule has 2 nitrogen and oxygen atoms in total. The predicted molar refractivity (Wildman–Crippen MR) is 77.1 cm³/mol. The lowest BCUT2D eigenvalue weighted by Gasteiger charge is -2.27. The van der Waals surface area contributed by atoms with E-state index in [1.807, 2.05) is 27.7 Å². The van der Waals surface area contributed by atoms with Crippen molar-refractivity contribution in [2.24, 2.45) is 5.41 Å². The van der Waals surface area contributed by atoms with Crippen LogP contribution in [0.1, 0.15) is 47.5 Å². The molecule has 2 atom stereocenters. The highest BCUT2D eigenvalue weighted by Gasteiger charge is 2.24. The van der Waals surface area contributed by atoms with Gasteiger partial charge >= 0.3 is 0 Å². The Hall–Kier alpha value is 0.125. The Bertz CT molecular complexity index is 236. The number of carbonyl (C=O) groups excluding carboxylic acids is 1. The molecule has 0 aliphatic rings. The van der Waals surface area contributed by atoms with E-state index in [1.165, 1.54) is 0 Å². The molecular weight excluding hydrogens is 230 g/mol. The molecule has 0 fully saturated rings. The predicted octanol–water partition coefficient (Wildman–Crippen LogP) is 3.79. The van der Waals surface area contributed by atoms with Crippen molar-refractivity contribution in [3.8, 4) is 0 Å². The van der Waals surface area contributed by atoms with Gasteiger partial charge in [0.25, 0.3) is 0 Å². The third-order valence-electron chi connectivity index (χ3n) is 2.80. The Kier molecular flexibility index (Phi) is 6.95. The fourth-order valence-electron chi connectivity index (χ4n) is 1.52. The van der Waals surface area contributed by atoms with Crippen LogP contribution in [0.15, 0.2) is 0 Å². The minimum Gasteiger partial charge on any atom is -0.359 e. The van der Waals surface area contributed by atoms with E-state index >= 15 is 0 Å². The zero-order chi connectivity index (χ0) is 13.7. The molecule has 0 saturated carbocycles. The molecule has 2 unspecified atom stereocenters.